The maximum absolute atomic E-state index is 12.8. The van der Waals surface area contributed by atoms with Crippen LogP contribution in [-0.2, 0) is 0 Å². The molecule has 1 unspecified atom stereocenters. The maximum atomic E-state index is 12.8. The first-order chi connectivity index (χ1) is 12.1. The molecule has 0 saturated heterocycles. The number of rotatable bonds is 5. The van der Waals surface area contributed by atoms with Crippen molar-refractivity contribution in [3.8, 4) is 5.75 Å². The number of hydrogen-bond acceptors (Lipinski definition) is 4. The van der Waals surface area contributed by atoms with Gasteiger partial charge in [0, 0.05) is 11.1 Å². The van der Waals surface area contributed by atoms with Gasteiger partial charge in [-0.15, -0.1) is 0 Å². The zero-order chi connectivity index (χ0) is 17.8. The highest BCUT2D eigenvalue weighted by Gasteiger charge is 2.25. The number of carbonyl (C=O) groups is 2. The van der Waals surface area contributed by atoms with Gasteiger partial charge in [-0.3, -0.25) is 9.59 Å². The van der Waals surface area contributed by atoms with E-state index in [0.29, 0.717) is 5.56 Å². The smallest absolute Gasteiger partial charge is 0.197 e. The van der Waals surface area contributed by atoms with Crippen molar-refractivity contribution >= 4 is 11.6 Å². The summed E-state index contributed by atoms with van der Waals surface area (Å²) in [6.45, 7) is 0. The molecule has 0 saturated carbocycles. The van der Waals surface area contributed by atoms with Gasteiger partial charge in [-0.1, -0.05) is 66.7 Å². The number of phenols is 1. The predicted molar refractivity (Wildman–Crippen MR) is 93.7 cm³/mol. The van der Waals surface area contributed by atoms with Crippen LogP contribution in [0.4, 0.5) is 0 Å². The lowest BCUT2D eigenvalue weighted by Crippen LogP contribution is -2.16. The van der Waals surface area contributed by atoms with E-state index in [-0.39, 0.29) is 22.4 Å². The number of para-hydroxylation sites is 1. The van der Waals surface area contributed by atoms with Crippen LogP contribution in [0.2, 0.25) is 0 Å². The van der Waals surface area contributed by atoms with Crippen LogP contribution in [-0.4, -0.2) is 21.8 Å². The van der Waals surface area contributed by atoms with E-state index in [1.54, 1.807) is 60.7 Å². The number of hydrogen-bond donors (Lipinski definition) is 2. The third kappa shape index (κ3) is 3.34. The minimum Gasteiger partial charge on any atom is -0.507 e. The first-order valence-electron chi connectivity index (χ1n) is 7.78. The van der Waals surface area contributed by atoms with Gasteiger partial charge in [0.25, 0.3) is 0 Å². The van der Waals surface area contributed by atoms with Gasteiger partial charge in [0.1, 0.15) is 11.9 Å². The van der Waals surface area contributed by atoms with Crippen molar-refractivity contribution in [2.45, 2.75) is 6.10 Å². The molecular weight excluding hydrogens is 316 g/mol. The van der Waals surface area contributed by atoms with Crippen LogP contribution in [0.15, 0.2) is 78.9 Å². The molecular formula is C21H16O4. The van der Waals surface area contributed by atoms with E-state index in [1.165, 1.54) is 18.2 Å². The second-order valence-electron chi connectivity index (χ2n) is 5.57. The van der Waals surface area contributed by atoms with E-state index in [0.717, 1.165) is 0 Å². The molecule has 0 spiro atoms. The number of aromatic hydroxyl groups is 1. The standard InChI is InChI=1S/C21H16O4/c22-18-13-7-6-12-17(18)20(24)15-10-4-5-11-16(15)21(25)19(23)14-8-2-1-3-9-14/h1-13,21-22,25H. The fraction of sp³-hybridized carbons (Fsp3) is 0.0476. The molecule has 1 atom stereocenters. The first-order valence-corrected chi connectivity index (χ1v) is 7.78. The second kappa shape index (κ2) is 7.11. The summed E-state index contributed by atoms with van der Waals surface area (Å²) in [5, 5.41) is 20.4. The molecule has 124 valence electrons. The third-order valence-electron chi connectivity index (χ3n) is 3.96. The molecule has 3 aromatic rings. The normalized spacial score (nSPS) is 11.7. The van der Waals surface area contributed by atoms with Crippen LogP contribution in [0.3, 0.4) is 0 Å². The Kier molecular flexibility index (Phi) is 4.73. The molecule has 0 fully saturated rings. The number of aliphatic hydroxyl groups excluding tert-OH is 1. The average Bonchev–Trinajstić information content (AvgIpc) is 2.67. The molecule has 0 aliphatic carbocycles. The number of benzene rings is 3. The van der Waals surface area contributed by atoms with E-state index in [4.69, 9.17) is 0 Å². The van der Waals surface area contributed by atoms with Crippen LogP contribution in [0.25, 0.3) is 0 Å². The summed E-state index contributed by atoms with van der Waals surface area (Å²) in [6, 6.07) is 21.0. The Hall–Kier alpha value is -3.24. The van der Waals surface area contributed by atoms with E-state index in [9.17, 15) is 19.8 Å². The fourth-order valence-electron chi connectivity index (χ4n) is 2.65. The number of aliphatic hydroxyl groups is 1. The van der Waals surface area contributed by atoms with Crippen molar-refractivity contribution in [3.05, 3.63) is 101 Å². The van der Waals surface area contributed by atoms with Crippen LogP contribution in [0, 0.1) is 0 Å². The summed E-state index contributed by atoms with van der Waals surface area (Å²) in [6.07, 6.45) is -1.46. The molecule has 0 heterocycles. The summed E-state index contributed by atoms with van der Waals surface area (Å²) >= 11 is 0. The summed E-state index contributed by atoms with van der Waals surface area (Å²) in [5.74, 6) is -1.09. The highest BCUT2D eigenvalue weighted by molar-refractivity contribution is 6.12. The van der Waals surface area contributed by atoms with E-state index in [2.05, 4.69) is 0 Å². The fourth-order valence-corrected chi connectivity index (χ4v) is 2.65. The monoisotopic (exact) mass is 332 g/mol. The molecule has 25 heavy (non-hydrogen) atoms. The van der Waals surface area contributed by atoms with Crippen LogP contribution in [0.1, 0.15) is 37.9 Å². The third-order valence-corrected chi connectivity index (χ3v) is 3.96. The number of carbonyl (C=O) groups excluding carboxylic acids is 2. The summed E-state index contributed by atoms with van der Waals surface area (Å²) < 4.78 is 0. The van der Waals surface area contributed by atoms with Gasteiger partial charge in [0.2, 0.25) is 0 Å². The lowest BCUT2D eigenvalue weighted by Gasteiger charge is -2.14. The Labute approximate surface area is 145 Å². The van der Waals surface area contributed by atoms with Crippen molar-refractivity contribution in [1.82, 2.24) is 0 Å². The van der Waals surface area contributed by atoms with Crippen molar-refractivity contribution in [3.63, 3.8) is 0 Å². The predicted octanol–water partition coefficient (Wildman–Crippen LogP) is 3.54. The zero-order valence-electron chi connectivity index (χ0n) is 13.3. The highest BCUT2D eigenvalue weighted by atomic mass is 16.3. The molecule has 3 rings (SSSR count). The molecule has 2 N–H and O–H groups in total. The Morgan fingerprint density at radius 1 is 0.720 bits per heavy atom. The Morgan fingerprint density at radius 2 is 1.28 bits per heavy atom. The number of Topliss-reactive ketones (excluding diaryl/α,β-unsaturated/α-hetero) is 1. The molecule has 4 heteroatoms. The zero-order valence-corrected chi connectivity index (χ0v) is 13.3. The van der Waals surface area contributed by atoms with E-state index >= 15 is 0 Å². The minimum atomic E-state index is -1.46. The lowest BCUT2D eigenvalue weighted by atomic mass is 9.91. The van der Waals surface area contributed by atoms with Gasteiger partial charge >= 0.3 is 0 Å². The molecule has 4 nitrogen and oxygen atoms in total. The maximum Gasteiger partial charge on any atom is 0.197 e. The van der Waals surface area contributed by atoms with Crippen molar-refractivity contribution < 1.29 is 19.8 Å². The highest BCUT2D eigenvalue weighted by Crippen LogP contribution is 2.26. The van der Waals surface area contributed by atoms with E-state index < -0.39 is 17.7 Å². The van der Waals surface area contributed by atoms with Crippen molar-refractivity contribution in [2.75, 3.05) is 0 Å². The molecule has 0 aromatic heterocycles. The van der Waals surface area contributed by atoms with E-state index in [1.807, 2.05) is 0 Å². The number of ketones is 2. The second-order valence-corrected chi connectivity index (χ2v) is 5.57. The minimum absolute atomic E-state index is 0.120. The molecule has 0 amide bonds. The van der Waals surface area contributed by atoms with Crippen LogP contribution >= 0.6 is 0 Å². The van der Waals surface area contributed by atoms with Crippen molar-refractivity contribution in [1.29, 1.82) is 0 Å². The van der Waals surface area contributed by atoms with Gasteiger partial charge in [0.15, 0.2) is 11.6 Å². The SMILES string of the molecule is O=C(c1ccccc1O)c1ccccc1C(O)C(=O)c1ccccc1. The van der Waals surface area contributed by atoms with Gasteiger partial charge in [-0.2, -0.15) is 0 Å². The molecule has 0 bridgehead atoms. The molecule has 0 aliphatic heterocycles. The molecule has 0 aliphatic rings. The summed E-state index contributed by atoms with van der Waals surface area (Å²) in [7, 11) is 0. The molecule has 0 radical (unpaired) electrons. The first kappa shape index (κ1) is 16.6. The molecule has 3 aromatic carbocycles. The van der Waals surface area contributed by atoms with Gasteiger partial charge in [0.05, 0.1) is 5.56 Å². The average molecular weight is 332 g/mol. The van der Waals surface area contributed by atoms with Crippen LogP contribution in [0.5, 0.6) is 5.75 Å². The van der Waals surface area contributed by atoms with Gasteiger partial charge < -0.3 is 10.2 Å². The largest absolute Gasteiger partial charge is 0.507 e. The topological polar surface area (TPSA) is 74.6 Å². The van der Waals surface area contributed by atoms with Crippen molar-refractivity contribution in [2.24, 2.45) is 0 Å². The Balaban J connectivity index is 2.00. The van der Waals surface area contributed by atoms with Gasteiger partial charge in [-0.25, -0.2) is 0 Å². The quantitative estimate of drug-likeness (QED) is 0.701. The Morgan fingerprint density at radius 3 is 1.96 bits per heavy atom. The van der Waals surface area contributed by atoms with Crippen LogP contribution < -0.4 is 0 Å². The summed E-state index contributed by atoms with van der Waals surface area (Å²) in [5.41, 5.74) is 0.875. The lowest BCUT2D eigenvalue weighted by molar-refractivity contribution is 0.0745. The Bertz CT molecular complexity index is 916. The number of phenolic OH excluding ortho intramolecular Hbond substituents is 1. The van der Waals surface area contributed by atoms with Gasteiger partial charge in [-0.05, 0) is 17.7 Å². The summed E-state index contributed by atoms with van der Waals surface area (Å²) in [4.78, 5) is 25.3.